The molecule has 0 saturated heterocycles. The maximum atomic E-state index is 13.5. The summed E-state index contributed by atoms with van der Waals surface area (Å²) in [5.41, 5.74) is 2.49. The molecule has 1 aromatic heterocycles. The van der Waals surface area contributed by atoms with Crippen LogP contribution in [0.25, 0.3) is 22.2 Å². The number of ether oxygens (including phenoxy) is 2. The molecule has 168 valence electrons. The first-order valence-corrected chi connectivity index (χ1v) is 10.7. The van der Waals surface area contributed by atoms with Crippen molar-refractivity contribution in [3.8, 4) is 22.8 Å². The second-order valence-corrected chi connectivity index (χ2v) is 7.72. The molecule has 6 heteroatoms. The van der Waals surface area contributed by atoms with Gasteiger partial charge in [0.1, 0.15) is 11.6 Å². The lowest BCUT2D eigenvalue weighted by Crippen LogP contribution is -2.17. The zero-order valence-electron chi connectivity index (χ0n) is 18.5. The molecule has 1 heterocycles. The lowest BCUT2D eigenvalue weighted by molar-refractivity contribution is 0.101. The molecule has 0 spiro atoms. The summed E-state index contributed by atoms with van der Waals surface area (Å²) >= 11 is 0. The van der Waals surface area contributed by atoms with Crippen LogP contribution in [0.15, 0.2) is 77.6 Å². The van der Waals surface area contributed by atoms with Crippen LogP contribution < -0.4 is 14.9 Å². The van der Waals surface area contributed by atoms with E-state index < -0.39 is 0 Å². The van der Waals surface area contributed by atoms with Gasteiger partial charge in [-0.25, -0.2) is 4.39 Å². The zero-order chi connectivity index (χ0) is 23.4. The van der Waals surface area contributed by atoms with Crippen LogP contribution in [-0.2, 0) is 7.05 Å². The van der Waals surface area contributed by atoms with Crippen LogP contribution in [0, 0.1) is 5.82 Å². The van der Waals surface area contributed by atoms with E-state index in [2.05, 4.69) is 0 Å². The average Bonchev–Trinajstić information content (AvgIpc) is 2.83. The summed E-state index contributed by atoms with van der Waals surface area (Å²) in [6.45, 7) is 2.18. The topological polar surface area (TPSA) is 57.5 Å². The number of nitrogens with zero attached hydrogens (tertiary/aromatic N) is 1. The number of hydrogen-bond donors (Lipinski definition) is 0. The smallest absolute Gasteiger partial charge is 0.231 e. The number of carbonyl (C=O) groups excluding carboxylic acids is 1. The van der Waals surface area contributed by atoms with Crippen LogP contribution in [0.1, 0.15) is 23.7 Å². The molecule has 0 bridgehead atoms. The van der Waals surface area contributed by atoms with Gasteiger partial charge in [-0.2, -0.15) is 0 Å². The Bertz CT molecular complexity index is 1340. The molecule has 0 N–H and O–H groups in total. The average molecular weight is 445 g/mol. The predicted molar refractivity (Wildman–Crippen MR) is 127 cm³/mol. The maximum absolute atomic E-state index is 13.5. The molecule has 0 atom stereocenters. The van der Waals surface area contributed by atoms with Gasteiger partial charge in [-0.1, -0.05) is 12.1 Å². The Morgan fingerprint density at radius 2 is 1.58 bits per heavy atom. The molecule has 0 aliphatic carbocycles. The summed E-state index contributed by atoms with van der Waals surface area (Å²) < 4.78 is 27.1. The molecule has 0 unspecified atom stereocenters. The van der Waals surface area contributed by atoms with Gasteiger partial charge in [-0.15, -0.1) is 0 Å². The molecule has 4 aromatic rings. The van der Waals surface area contributed by atoms with Crippen LogP contribution in [0.4, 0.5) is 4.39 Å². The number of halogens is 1. The van der Waals surface area contributed by atoms with E-state index in [0.717, 1.165) is 5.52 Å². The highest BCUT2D eigenvalue weighted by atomic mass is 19.1. The van der Waals surface area contributed by atoms with Gasteiger partial charge in [0.15, 0.2) is 11.5 Å². The van der Waals surface area contributed by atoms with E-state index in [-0.39, 0.29) is 29.4 Å². The number of aromatic nitrogens is 1. The number of fused-ring (bicyclic) bond motifs is 1. The molecule has 0 amide bonds. The third-order valence-electron chi connectivity index (χ3n) is 5.45. The Morgan fingerprint density at radius 3 is 2.27 bits per heavy atom. The SMILES string of the molecule is CC(=O)c1ccc(OCCCOc2c(-c3ccc(F)cc3)n(C)c3ccccc3c2=O)cc1. The summed E-state index contributed by atoms with van der Waals surface area (Å²) in [6.07, 6.45) is 0.549. The highest BCUT2D eigenvalue weighted by Gasteiger charge is 2.18. The number of Topliss-reactive ketones (excluding diaryl/α,β-unsaturated/α-hetero) is 1. The molecule has 0 fully saturated rings. The van der Waals surface area contributed by atoms with E-state index in [4.69, 9.17) is 9.47 Å². The third-order valence-corrected chi connectivity index (χ3v) is 5.45. The standard InChI is InChI=1S/C27H24FNO4/c1-18(30)19-10-14-22(15-11-19)32-16-5-17-33-27-25(20-8-12-21(28)13-9-20)29(2)24-7-4-3-6-23(24)26(27)31/h3-4,6-15H,5,16-17H2,1-2H3. The number of pyridine rings is 1. The van der Waals surface area contributed by atoms with Crippen LogP contribution >= 0.6 is 0 Å². The summed E-state index contributed by atoms with van der Waals surface area (Å²) in [6, 6.07) is 20.3. The first-order valence-electron chi connectivity index (χ1n) is 10.7. The van der Waals surface area contributed by atoms with Crippen molar-refractivity contribution in [2.24, 2.45) is 7.05 Å². The van der Waals surface area contributed by atoms with Crippen LogP contribution in [0.3, 0.4) is 0 Å². The number of rotatable bonds is 8. The second kappa shape index (κ2) is 9.69. The van der Waals surface area contributed by atoms with Gasteiger partial charge in [0.25, 0.3) is 0 Å². The molecule has 3 aromatic carbocycles. The van der Waals surface area contributed by atoms with Gasteiger partial charge < -0.3 is 14.0 Å². The number of ketones is 1. The normalized spacial score (nSPS) is 10.9. The van der Waals surface area contributed by atoms with E-state index in [9.17, 15) is 14.0 Å². The number of aryl methyl sites for hydroxylation is 1. The molecule has 0 radical (unpaired) electrons. The Kier molecular flexibility index (Phi) is 6.54. The summed E-state index contributed by atoms with van der Waals surface area (Å²) in [4.78, 5) is 24.6. The number of para-hydroxylation sites is 1. The molecular weight excluding hydrogens is 421 g/mol. The van der Waals surface area contributed by atoms with Gasteiger partial charge in [0.2, 0.25) is 5.43 Å². The minimum atomic E-state index is -0.347. The van der Waals surface area contributed by atoms with E-state index in [1.165, 1.54) is 19.1 Å². The maximum Gasteiger partial charge on any atom is 0.231 e. The fraction of sp³-hybridized carbons (Fsp3) is 0.185. The van der Waals surface area contributed by atoms with Gasteiger partial charge in [-0.05, 0) is 67.6 Å². The highest BCUT2D eigenvalue weighted by Crippen LogP contribution is 2.30. The van der Waals surface area contributed by atoms with Gasteiger partial charge >= 0.3 is 0 Å². The highest BCUT2D eigenvalue weighted by molar-refractivity contribution is 5.94. The van der Waals surface area contributed by atoms with E-state index in [0.29, 0.717) is 41.0 Å². The predicted octanol–water partition coefficient (Wildman–Crippen LogP) is 5.40. The van der Waals surface area contributed by atoms with Crippen molar-refractivity contribution in [1.29, 1.82) is 0 Å². The largest absolute Gasteiger partial charge is 0.493 e. The molecule has 0 saturated carbocycles. The summed E-state index contributed by atoms with van der Waals surface area (Å²) in [5.74, 6) is 0.548. The van der Waals surface area contributed by atoms with Gasteiger partial charge in [-0.3, -0.25) is 9.59 Å². The monoisotopic (exact) mass is 445 g/mol. The quantitative estimate of drug-likeness (QED) is 0.269. The van der Waals surface area contributed by atoms with Crippen molar-refractivity contribution in [1.82, 2.24) is 4.57 Å². The number of carbonyl (C=O) groups is 1. The first kappa shape index (κ1) is 22.3. The molecule has 4 rings (SSSR count). The molecule has 5 nitrogen and oxygen atoms in total. The van der Waals surface area contributed by atoms with Crippen LogP contribution in [0.5, 0.6) is 11.5 Å². The Balaban J connectivity index is 1.53. The van der Waals surface area contributed by atoms with E-state index in [1.807, 2.05) is 29.8 Å². The Hall–Kier alpha value is -3.93. The van der Waals surface area contributed by atoms with Crippen molar-refractivity contribution in [2.45, 2.75) is 13.3 Å². The van der Waals surface area contributed by atoms with Crippen molar-refractivity contribution in [2.75, 3.05) is 13.2 Å². The fourth-order valence-corrected chi connectivity index (χ4v) is 3.74. The zero-order valence-corrected chi connectivity index (χ0v) is 18.5. The molecular formula is C27H24FNO4. The molecule has 0 aliphatic heterocycles. The van der Waals surface area contributed by atoms with Crippen molar-refractivity contribution >= 4 is 16.7 Å². The third kappa shape index (κ3) is 4.80. The van der Waals surface area contributed by atoms with Crippen molar-refractivity contribution < 1.29 is 18.7 Å². The van der Waals surface area contributed by atoms with Crippen molar-refractivity contribution in [3.05, 3.63) is 94.4 Å². The second-order valence-electron chi connectivity index (χ2n) is 7.72. The van der Waals surface area contributed by atoms with Crippen LogP contribution in [0.2, 0.25) is 0 Å². The summed E-state index contributed by atoms with van der Waals surface area (Å²) in [7, 11) is 1.86. The minimum absolute atomic E-state index is 0.00359. The van der Waals surface area contributed by atoms with E-state index in [1.54, 1.807) is 42.5 Å². The van der Waals surface area contributed by atoms with E-state index >= 15 is 0 Å². The summed E-state index contributed by atoms with van der Waals surface area (Å²) in [5, 5.41) is 0.558. The number of benzene rings is 3. The van der Waals surface area contributed by atoms with Crippen LogP contribution in [-0.4, -0.2) is 23.6 Å². The molecule has 33 heavy (non-hydrogen) atoms. The number of hydrogen-bond acceptors (Lipinski definition) is 4. The lowest BCUT2D eigenvalue weighted by Gasteiger charge is -2.18. The minimum Gasteiger partial charge on any atom is -0.493 e. The van der Waals surface area contributed by atoms with Gasteiger partial charge in [0, 0.05) is 30.0 Å². The Labute approximate surface area is 191 Å². The first-order chi connectivity index (χ1) is 16.0. The lowest BCUT2D eigenvalue weighted by atomic mass is 10.1. The van der Waals surface area contributed by atoms with Gasteiger partial charge in [0.05, 0.1) is 24.4 Å². The Morgan fingerprint density at radius 1 is 0.909 bits per heavy atom. The molecule has 0 aliphatic rings. The fourth-order valence-electron chi connectivity index (χ4n) is 3.74. The van der Waals surface area contributed by atoms with Crippen molar-refractivity contribution in [3.63, 3.8) is 0 Å².